The lowest BCUT2D eigenvalue weighted by molar-refractivity contribution is 0.0975. The smallest absolute Gasteiger partial charge is 0.128 e. The van der Waals surface area contributed by atoms with Crippen molar-refractivity contribution in [2.45, 2.75) is 26.0 Å². The highest BCUT2D eigenvalue weighted by atomic mass is 19.1. The van der Waals surface area contributed by atoms with Crippen molar-refractivity contribution < 1.29 is 9.13 Å². The summed E-state index contributed by atoms with van der Waals surface area (Å²) < 4.78 is 18.6. The summed E-state index contributed by atoms with van der Waals surface area (Å²) in [4.78, 5) is 0. The summed E-state index contributed by atoms with van der Waals surface area (Å²) in [5.74, 6) is -0.199. The Morgan fingerprint density at radius 2 is 2.13 bits per heavy atom. The van der Waals surface area contributed by atoms with Gasteiger partial charge in [0.1, 0.15) is 5.82 Å². The van der Waals surface area contributed by atoms with Crippen LogP contribution in [-0.4, -0.2) is 19.7 Å². The Bertz CT molecular complexity index is 287. The number of hydrogen-bond donors (Lipinski definition) is 1. The highest BCUT2D eigenvalue weighted by Crippen LogP contribution is 2.07. The third-order valence-electron chi connectivity index (χ3n) is 2.44. The van der Waals surface area contributed by atoms with Gasteiger partial charge < -0.3 is 10.1 Å². The van der Waals surface area contributed by atoms with Crippen LogP contribution >= 0.6 is 0 Å². The van der Waals surface area contributed by atoms with E-state index in [9.17, 15) is 4.39 Å². The molecule has 84 valence electrons. The van der Waals surface area contributed by atoms with E-state index in [4.69, 9.17) is 4.74 Å². The number of rotatable bonds is 6. The molecule has 0 heterocycles. The maximum Gasteiger partial charge on any atom is 0.128 e. The maximum atomic E-state index is 13.2. The SMILES string of the molecule is CCC(COCc1ccccc1F)NC. The molecule has 1 unspecified atom stereocenters. The molecule has 3 heteroatoms. The molecule has 0 saturated heterocycles. The Labute approximate surface area is 90.4 Å². The lowest BCUT2D eigenvalue weighted by Crippen LogP contribution is -2.29. The fraction of sp³-hybridized carbons (Fsp3) is 0.500. The van der Waals surface area contributed by atoms with Crippen LogP contribution in [0.5, 0.6) is 0 Å². The van der Waals surface area contributed by atoms with Gasteiger partial charge in [-0.2, -0.15) is 0 Å². The van der Waals surface area contributed by atoms with Crippen LogP contribution in [0.15, 0.2) is 24.3 Å². The van der Waals surface area contributed by atoms with Gasteiger partial charge in [0, 0.05) is 11.6 Å². The standard InChI is InChI=1S/C12H18FNO/c1-3-11(14-2)9-15-8-10-6-4-5-7-12(10)13/h4-7,11,14H,3,8-9H2,1-2H3. The van der Waals surface area contributed by atoms with Crippen molar-refractivity contribution in [2.75, 3.05) is 13.7 Å². The van der Waals surface area contributed by atoms with E-state index in [1.54, 1.807) is 12.1 Å². The molecule has 0 aliphatic heterocycles. The molecule has 0 aliphatic rings. The first kappa shape index (κ1) is 12.1. The first-order valence-corrected chi connectivity index (χ1v) is 5.26. The van der Waals surface area contributed by atoms with Crippen molar-refractivity contribution in [3.8, 4) is 0 Å². The molecule has 0 fully saturated rings. The van der Waals surface area contributed by atoms with Crippen LogP contribution in [0.2, 0.25) is 0 Å². The van der Waals surface area contributed by atoms with Gasteiger partial charge in [-0.15, -0.1) is 0 Å². The summed E-state index contributed by atoms with van der Waals surface area (Å²) >= 11 is 0. The highest BCUT2D eigenvalue weighted by molar-refractivity contribution is 5.16. The first-order valence-electron chi connectivity index (χ1n) is 5.26. The highest BCUT2D eigenvalue weighted by Gasteiger charge is 2.04. The van der Waals surface area contributed by atoms with E-state index >= 15 is 0 Å². The minimum Gasteiger partial charge on any atom is -0.375 e. The van der Waals surface area contributed by atoms with Crippen molar-refractivity contribution >= 4 is 0 Å². The number of likely N-dealkylation sites (N-methyl/N-ethyl adjacent to an activating group) is 1. The van der Waals surface area contributed by atoms with Gasteiger partial charge in [0.15, 0.2) is 0 Å². The van der Waals surface area contributed by atoms with Crippen LogP contribution in [0.3, 0.4) is 0 Å². The van der Waals surface area contributed by atoms with Crippen molar-refractivity contribution in [3.05, 3.63) is 35.6 Å². The van der Waals surface area contributed by atoms with E-state index in [1.165, 1.54) is 6.07 Å². The lowest BCUT2D eigenvalue weighted by atomic mass is 10.2. The Morgan fingerprint density at radius 1 is 1.40 bits per heavy atom. The first-order chi connectivity index (χ1) is 7.27. The van der Waals surface area contributed by atoms with Crippen molar-refractivity contribution in [1.82, 2.24) is 5.32 Å². The third kappa shape index (κ3) is 3.98. The van der Waals surface area contributed by atoms with E-state index in [-0.39, 0.29) is 5.82 Å². The molecule has 0 radical (unpaired) electrons. The number of halogens is 1. The van der Waals surface area contributed by atoms with Gasteiger partial charge >= 0.3 is 0 Å². The molecule has 1 atom stereocenters. The van der Waals surface area contributed by atoms with Gasteiger partial charge in [-0.25, -0.2) is 4.39 Å². The second kappa shape index (κ2) is 6.53. The number of ether oxygens (including phenoxy) is 1. The van der Waals surface area contributed by atoms with Crippen LogP contribution in [0.25, 0.3) is 0 Å². The maximum absolute atomic E-state index is 13.2. The number of hydrogen-bond acceptors (Lipinski definition) is 2. The fourth-order valence-corrected chi connectivity index (χ4v) is 1.33. The van der Waals surface area contributed by atoms with Crippen LogP contribution in [0, 0.1) is 5.82 Å². The molecule has 1 aromatic rings. The quantitative estimate of drug-likeness (QED) is 0.779. The fourth-order valence-electron chi connectivity index (χ4n) is 1.33. The van der Waals surface area contributed by atoms with Gasteiger partial charge in [-0.1, -0.05) is 25.1 Å². The molecule has 0 aromatic heterocycles. The minimum absolute atomic E-state index is 0.199. The molecule has 1 aromatic carbocycles. The average molecular weight is 211 g/mol. The normalized spacial score (nSPS) is 12.7. The van der Waals surface area contributed by atoms with Gasteiger partial charge in [0.05, 0.1) is 13.2 Å². The molecule has 0 saturated carbocycles. The molecule has 15 heavy (non-hydrogen) atoms. The zero-order valence-electron chi connectivity index (χ0n) is 9.29. The van der Waals surface area contributed by atoms with E-state index in [2.05, 4.69) is 12.2 Å². The van der Waals surface area contributed by atoms with Crippen molar-refractivity contribution in [2.24, 2.45) is 0 Å². The molecule has 2 nitrogen and oxygen atoms in total. The molecular formula is C12H18FNO. The summed E-state index contributed by atoms with van der Waals surface area (Å²) in [7, 11) is 1.90. The van der Waals surface area contributed by atoms with Gasteiger partial charge in [0.25, 0.3) is 0 Å². The Hall–Kier alpha value is -0.930. The van der Waals surface area contributed by atoms with E-state index < -0.39 is 0 Å². The molecule has 0 bridgehead atoms. The summed E-state index contributed by atoms with van der Waals surface area (Å²) in [6.45, 7) is 3.04. The molecule has 1 rings (SSSR count). The average Bonchev–Trinajstić information content (AvgIpc) is 2.27. The summed E-state index contributed by atoms with van der Waals surface area (Å²) in [6.07, 6.45) is 1.01. The Balaban J connectivity index is 2.34. The predicted octanol–water partition coefficient (Wildman–Crippen LogP) is 2.34. The van der Waals surface area contributed by atoms with Gasteiger partial charge in [-0.05, 0) is 19.5 Å². The van der Waals surface area contributed by atoms with E-state index in [0.717, 1.165) is 6.42 Å². The second-order valence-electron chi connectivity index (χ2n) is 3.50. The Kier molecular flexibility index (Phi) is 5.29. The predicted molar refractivity (Wildman–Crippen MR) is 59.2 cm³/mol. The van der Waals surface area contributed by atoms with Crippen LogP contribution < -0.4 is 5.32 Å². The second-order valence-corrected chi connectivity index (χ2v) is 3.50. The summed E-state index contributed by atoms with van der Waals surface area (Å²) in [6, 6.07) is 7.04. The van der Waals surface area contributed by atoms with Crippen LogP contribution in [0.1, 0.15) is 18.9 Å². The zero-order chi connectivity index (χ0) is 11.1. The van der Waals surface area contributed by atoms with E-state index in [0.29, 0.717) is 24.8 Å². The van der Waals surface area contributed by atoms with Crippen LogP contribution in [0.4, 0.5) is 4.39 Å². The van der Waals surface area contributed by atoms with Crippen molar-refractivity contribution in [3.63, 3.8) is 0 Å². The topological polar surface area (TPSA) is 21.3 Å². The number of nitrogens with one attached hydrogen (secondary N) is 1. The Morgan fingerprint density at radius 3 is 2.73 bits per heavy atom. The third-order valence-corrected chi connectivity index (χ3v) is 2.44. The van der Waals surface area contributed by atoms with Gasteiger partial charge in [-0.3, -0.25) is 0 Å². The zero-order valence-corrected chi connectivity index (χ0v) is 9.29. The minimum atomic E-state index is -0.199. The summed E-state index contributed by atoms with van der Waals surface area (Å²) in [5.41, 5.74) is 0.614. The molecule has 0 spiro atoms. The molecular weight excluding hydrogens is 193 g/mol. The molecule has 1 N–H and O–H groups in total. The molecule has 0 amide bonds. The van der Waals surface area contributed by atoms with E-state index in [1.807, 2.05) is 13.1 Å². The number of benzene rings is 1. The van der Waals surface area contributed by atoms with Crippen molar-refractivity contribution in [1.29, 1.82) is 0 Å². The van der Waals surface area contributed by atoms with Gasteiger partial charge in [0.2, 0.25) is 0 Å². The van der Waals surface area contributed by atoms with Crippen LogP contribution in [-0.2, 0) is 11.3 Å². The lowest BCUT2D eigenvalue weighted by Gasteiger charge is -2.14. The monoisotopic (exact) mass is 211 g/mol. The molecule has 0 aliphatic carbocycles. The largest absolute Gasteiger partial charge is 0.375 e. The summed E-state index contributed by atoms with van der Waals surface area (Å²) in [5, 5.41) is 3.13.